The van der Waals surface area contributed by atoms with Crippen molar-refractivity contribution in [1.29, 1.82) is 0 Å². The van der Waals surface area contributed by atoms with Crippen LogP contribution in [0.5, 0.6) is 0 Å². The molecule has 1 N–H and O–H groups in total. The molecule has 2 rings (SSSR count). The highest BCUT2D eigenvalue weighted by Gasteiger charge is 2.09. The molecule has 1 heterocycles. The Morgan fingerprint density at radius 1 is 1.17 bits per heavy atom. The van der Waals surface area contributed by atoms with Gasteiger partial charge in [-0.1, -0.05) is 36.4 Å². The average Bonchev–Trinajstić information content (AvgIpc) is 2.38. The molecule has 0 atom stereocenters. The molecule has 90 valence electrons. The van der Waals surface area contributed by atoms with Crippen molar-refractivity contribution in [2.45, 2.75) is 6.92 Å². The molecule has 0 saturated carbocycles. The number of nitrogens with zero attached hydrogens (tertiary/aromatic N) is 1. The Balaban J connectivity index is 2.43. The van der Waals surface area contributed by atoms with Crippen molar-refractivity contribution in [3.8, 4) is 0 Å². The second-order valence-corrected chi connectivity index (χ2v) is 3.96. The van der Waals surface area contributed by atoms with Crippen molar-refractivity contribution in [2.24, 2.45) is 0 Å². The Kier molecular flexibility index (Phi) is 3.53. The highest BCUT2D eigenvalue weighted by atomic mass is 16.4. The monoisotopic (exact) mass is 239 g/mol. The van der Waals surface area contributed by atoms with Gasteiger partial charge in [0.1, 0.15) is 0 Å². The summed E-state index contributed by atoms with van der Waals surface area (Å²) in [6, 6.07) is 12.8. The average molecular weight is 239 g/mol. The summed E-state index contributed by atoms with van der Waals surface area (Å²) in [7, 11) is 0. The van der Waals surface area contributed by atoms with E-state index in [-0.39, 0.29) is 5.57 Å². The zero-order valence-electron chi connectivity index (χ0n) is 10.00. The number of aromatic nitrogens is 1. The van der Waals surface area contributed by atoms with Crippen LogP contribution in [-0.2, 0) is 4.79 Å². The summed E-state index contributed by atoms with van der Waals surface area (Å²) in [5.74, 6) is -0.943. The van der Waals surface area contributed by atoms with Gasteiger partial charge in [-0.2, -0.15) is 0 Å². The lowest BCUT2D eigenvalue weighted by atomic mass is 10.0. The SMILES string of the molecule is Cc1ccc(/C=C(/C(=O)O)c2ccccc2)cn1. The van der Waals surface area contributed by atoms with Crippen LogP contribution >= 0.6 is 0 Å². The number of aliphatic carboxylic acids is 1. The summed E-state index contributed by atoms with van der Waals surface area (Å²) in [4.78, 5) is 15.4. The minimum Gasteiger partial charge on any atom is -0.478 e. The highest BCUT2D eigenvalue weighted by Crippen LogP contribution is 2.18. The van der Waals surface area contributed by atoms with E-state index in [1.54, 1.807) is 24.4 Å². The van der Waals surface area contributed by atoms with E-state index in [2.05, 4.69) is 4.98 Å². The molecule has 0 fully saturated rings. The Hall–Kier alpha value is -2.42. The molecule has 0 saturated heterocycles. The predicted octanol–water partition coefficient (Wildman–Crippen LogP) is 3.02. The second kappa shape index (κ2) is 5.27. The fourth-order valence-corrected chi connectivity index (χ4v) is 1.62. The first-order valence-corrected chi connectivity index (χ1v) is 5.60. The van der Waals surface area contributed by atoms with E-state index in [0.29, 0.717) is 5.56 Å². The molecule has 0 aliphatic carbocycles. The van der Waals surface area contributed by atoms with Crippen molar-refractivity contribution in [3.63, 3.8) is 0 Å². The van der Waals surface area contributed by atoms with Gasteiger partial charge in [-0.3, -0.25) is 4.98 Å². The lowest BCUT2D eigenvalue weighted by Crippen LogP contribution is -1.99. The van der Waals surface area contributed by atoms with Crippen molar-refractivity contribution >= 4 is 17.6 Å². The van der Waals surface area contributed by atoms with Gasteiger partial charge in [0.05, 0.1) is 5.57 Å². The van der Waals surface area contributed by atoms with Gasteiger partial charge in [0.2, 0.25) is 0 Å². The van der Waals surface area contributed by atoms with E-state index in [1.165, 1.54) is 0 Å². The highest BCUT2D eigenvalue weighted by molar-refractivity contribution is 6.20. The second-order valence-electron chi connectivity index (χ2n) is 3.96. The maximum atomic E-state index is 11.3. The van der Waals surface area contributed by atoms with E-state index in [9.17, 15) is 9.90 Å². The lowest BCUT2D eigenvalue weighted by Gasteiger charge is -2.03. The van der Waals surface area contributed by atoms with Gasteiger partial charge in [-0.25, -0.2) is 4.79 Å². The van der Waals surface area contributed by atoms with Gasteiger partial charge in [0, 0.05) is 11.9 Å². The standard InChI is InChI=1S/C15H13NO2/c1-11-7-8-12(10-16-11)9-14(15(17)18)13-5-3-2-4-6-13/h2-10H,1H3,(H,17,18)/b14-9+. The van der Waals surface area contributed by atoms with Gasteiger partial charge < -0.3 is 5.11 Å². The summed E-state index contributed by atoms with van der Waals surface area (Å²) in [6.45, 7) is 1.89. The zero-order chi connectivity index (χ0) is 13.0. The smallest absolute Gasteiger partial charge is 0.336 e. The van der Waals surface area contributed by atoms with E-state index >= 15 is 0 Å². The van der Waals surface area contributed by atoms with Gasteiger partial charge >= 0.3 is 5.97 Å². The minimum absolute atomic E-state index is 0.265. The third-order valence-corrected chi connectivity index (χ3v) is 2.56. The molecule has 0 spiro atoms. The van der Waals surface area contributed by atoms with Crippen molar-refractivity contribution in [3.05, 3.63) is 65.5 Å². The summed E-state index contributed by atoms with van der Waals surface area (Å²) < 4.78 is 0. The summed E-state index contributed by atoms with van der Waals surface area (Å²) in [6.07, 6.45) is 3.30. The third-order valence-electron chi connectivity index (χ3n) is 2.56. The molecule has 0 aliphatic heterocycles. The van der Waals surface area contributed by atoms with Crippen LogP contribution in [-0.4, -0.2) is 16.1 Å². The maximum Gasteiger partial charge on any atom is 0.336 e. The van der Waals surface area contributed by atoms with Crippen molar-refractivity contribution in [1.82, 2.24) is 4.98 Å². The maximum absolute atomic E-state index is 11.3. The number of aryl methyl sites for hydroxylation is 1. The number of pyridine rings is 1. The van der Waals surface area contributed by atoms with E-state index < -0.39 is 5.97 Å². The Bertz CT molecular complexity index is 571. The molecule has 0 bridgehead atoms. The Labute approximate surface area is 105 Å². The fraction of sp³-hybridized carbons (Fsp3) is 0.0667. The van der Waals surface area contributed by atoms with Crippen LogP contribution in [0, 0.1) is 6.92 Å². The van der Waals surface area contributed by atoms with Gasteiger partial charge in [0.25, 0.3) is 0 Å². The topological polar surface area (TPSA) is 50.2 Å². The molecule has 0 radical (unpaired) electrons. The van der Waals surface area contributed by atoms with Crippen LogP contribution in [0.3, 0.4) is 0 Å². The first kappa shape index (κ1) is 12.0. The van der Waals surface area contributed by atoms with E-state index in [1.807, 2.05) is 37.3 Å². The van der Waals surface area contributed by atoms with Crippen molar-refractivity contribution < 1.29 is 9.90 Å². The summed E-state index contributed by atoms with van der Waals surface area (Å²) >= 11 is 0. The van der Waals surface area contributed by atoms with Gasteiger partial charge in [-0.15, -0.1) is 0 Å². The number of rotatable bonds is 3. The molecule has 3 nitrogen and oxygen atoms in total. The van der Waals surface area contributed by atoms with Gasteiger partial charge in [0.15, 0.2) is 0 Å². The Morgan fingerprint density at radius 3 is 2.44 bits per heavy atom. The molecule has 0 amide bonds. The molecule has 0 aliphatic rings. The zero-order valence-corrected chi connectivity index (χ0v) is 10.00. The normalized spacial score (nSPS) is 11.3. The molecule has 2 aromatic rings. The van der Waals surface area contributed by atoms with Crippen LogP contribution in [0.4, 0.5) is 0 Å². The molecule has 18 heavy (non-hydrogen) atoms. The minimum atomic E-state index is -0.943. The van der Waals surface area contributed by atoms with Crippen LogP contribution in [0.15, 0.2) is 48.7 Å². The predicted molar refractivity (Wildman–Crippen MR) is 70.9 cm³/mol. The first-order valence-electron chi connectivity index (χ1n) is 5.60. The quantitative estimate of drug-likeness (QED) is 0.837. The molecule has 1 aromatic heterocycles. The number of hydrogen-bond donors (Lipinski definition) is 1. The molecular formula is C15H13NO2. The van der Waals surface area contributed by atoms with Crippen molar-refractivity contribution in [2.75, 3.05) is 0 Å². The number of carboxylic acids is 1. The Morgan fingerprint density at radius 2 is 1.89 bits per heavy atom. The number of hydrogen-bond acceptors (Lipinski definition) is 2. The molecular weight excluding hydrogens is 226 g/mol. The van der Waals surface area contributed by atoms with E-state index in [0.717, 1.165) is 11.3 Å². The number of carbonyl (C=O) groups is 1. The van der Waals surface area contributed by atoms with E-state index in [4.69, 9.17) is 0 Å². The van der Waals surface area contributed by atoms with Crippen LogP contribution < -0.4 is 0 Å². The number of benzene rings is 1. The third kappa shape index (κ3) is 2.83. The summed E-state index contributed by atoms with van der Waals surface area (Å²) in [5.41, 5.74) is 2.64. The number of carboxylic acid groups (broad SMARTS) is 1. The largest absolute Gasteiger partial charge is 0.478 e. The summed E-state index contributed by atoms with van der Waals surface area (Å²) in [5, 5.41) is 9.25. The molecule has 1 aromatic carbocycles. The van der Waals surface area contributed by atoms with Gasteiger partial charge in [-0.05, 0) is 30.2 Å². The van der Waals surface area contributed by atoms with Crippen LogP contribution in [0.1, 0.15) is 16.8 Å². The molecule has 0 unspecified atom stereocenters. The first-order chi connectivity index (χ1) is 8.66. The fourth-order valence-electron chi connectivity index (χ4n) is 1.62. The van der Waals surface area contributed by atoms with Crippen LogP contribution in [0.25, 0.3) is 11.6 Å². The molecule has 3 heteroatoms. The lowest BCUT2D eigenvalue weighted by molar-refractivity contribution is -0.130. The van der Waals surface area contributed by atoms with Crippen LogP contribution in [0.2, 0.25) is 0 Å².